The zero-order chi connectivity index (χ0) is 12.3. The summed E-state index contributed by atoms with van der Waals surface area (Å²) in [6.07, 6.45) is 6.61. The maximum Gasteiger partial charge on any atom is 0.124 e. The Morgan fingerprint density at radius 2 is 1.82 bits per heavy atom. The van der Waals surface area contributed by atoms with E-state index in [-0.39, 0.29) is 5.82 Å². The average molecular weight is 301 g/mol. The van der Waals surface area contributed by atoms with Crippen molar-refractivity contribution in [2.45, 2.75) is 44.6 Å². The fourth-order valence-electron chi connectivity index (χ4n) is 2.62. The maximum atomic E-state index is 13.0. The second-order valence-electron chi connectivity index (χ2n) is 4.86. The predicted octanol–water partition coefficient (Wildman–Crippen LogP) is 4.59. The molecule has 1 fully saturated rings. The van der Waals surface area contributed by atoms with E-state index in [0.717, 1.165) is 18.4 Å². The van der Waals surface area contributed by atoms with Crippen molar-refractivity contribution in [1.82, 2.24) is 0 Å². The highest BCUT2D eigenvalue weighted by Crippen LogP contribution is 2.36. The van der Waals surface area contributed by atoms with E-state index >= 15 is 0 Å². The van der Waals surface area contributed by atoms with Crippen LogP contribution in [0, 0.1) is 11.7 Å². The molecule has 1 atom stereocenters. The van der Waals surface area contributed by atoms with Gasteiger partial charge in [0.1, 0.15) is 5.82 Å². The first-order valence-electron chi connectivity index (χ1n) is 6.31. The van der Waals surface area contributed by atoms with Gasteiger partial charge in [0.05, 0.1) is 6.10 Å². The summed E-state index contributed by atoms with van der Waals surface area (Å²) in [4.78, 5) is 0. The van der Waals surface area contributed by atoms with Crippen molar-refractivity contribution in [1.29, 1.82) is 0 Å². The largest absolute Gasteiger partial charge is 0.388 e. The third-order valence-corrected chi connectivity index (χ3v) is 4.31. The van der Waals surface area contributed by atoms with Crippen LogP contribution in [0.4, 0.5) is 4.39 Å². The first kappa shape index (κ1) is 13.0. The lowest BCUT2D eigenvalue weighted by molar-refractivity contribution is 0.0981. The second kappa shape index (κ2) is 5.96. The van der Waals surface area contributed by atoms with Crippen LogP contribution in [0.2, 0.25) is 0 Å². The van der Waals surface area contributed by atoms with E-state index in [4.69, 9.17) is 0 Å². The first-order chi connectivity index (χ1) is 8.18. The Kier molecular flexibility index (Phi) is 4.57. The number of benzene rings is 1. The summed E-state index contributed by atoms with van der Waals surface area (Å²) >= 11 is 3.33. The normalized spacial score (nSPS) is 19.9. The molecule has 1 aliphatic rings. The Balaban J connectivity index is 2.14. The molecule has 0 aliphatic heterocycles. The molecule has 1 unspecified atom stereocenters. The molecule has 17 heavy (non-hydrogen) atoms. The van der Waals surface area contributed by atoms with Crippen LogP contribution in [-0.2, 0) is 0 Å². The fraction of sp³-hybridized carbons (Fsp3) is 0.571. The summed E-state index contributed by atoms with van der Waals surface area (Å²) in [6.45, 7) is 0. The molecule has 1 aromatic carbocycles. The van der Waals surface area contributed by atoms with Crippen molar-refractivity contribution in [2.75, 3.05) is 0 Å². The van der Waals surface area contributed by atoms with Gasteiger partial charge in [-0.15, -0.1) is 0 Å². The minimum absolute atomic E-state index is 0.270. The van der Waals surface area contributed by atoms with Gasteiger partial charge >= 0.3 is 0 Å². The van der Waals surface area contributed by atoms with E-state index in [2.05, 4.69) is 15.9 Å². The van der Waals surface area contributed by atoms with Gasteiger partial charge < -0.3 is 5.11 Å². The summed E-state index contributed by atoms with van der Waals surface area (Å²) in [5.74, 6) is 0.0490. The SMILES string of the molecule is OC(c1ccc(F)cc1Br)C1CCCCCC1. The van der Waals surface area contributed by atoms with E-state index in [0.29, 0.717) is 10.4 Å². The molecular weight excluding hydrogens is 283 g/mol. The van der Waals surface area contributed by atoms with Crippen molar-refractivity contribution in [3.05, 3.63) is 34.1 Å². The molecule has 1 aliphatic carbocycles. The zero-order valence-corrected chi connectivity index (χ0v) is 11.4. The average Bonchev–Trinajstić information content (AvgIpc) is 2.56. The molecule has 0 amide bonds. The second-order valence-corrected chi connectivity index (χ2v) is 5.72. The summed E-state index contributed by atoms with van der Waals surface area (Å²) < 4.78 is 13.7. The van der Waals surface area contributed by atoms with Gasteiger partial charge in [-0.05, 0) is 36.5 Å². The predicted molar refractivity (Wildman–Crippen MR) is 70.3 cm³/mol. The highest BCUT2D eigenvalue weighted by atomic mass is 79.9. The van der Waals surface area contributed by atoms with Gasteiger partial charge in [-0.1, -0.05) is 47.7 Å². The van der Waals surface area contributed by atoms with Gasteiger partial charge in [0.15, 0.2) is 0 Å². The molecule has 1 saturated carbocycles. The van der Waals surface area contributed by atoms with Crippen molar-refractivity contribution >= 4 is 15.9 Å². The lowest BCUT2D eigenvalue weighted by atomic mass is 9.89. The number of halogens is 2. The van der Waals surface area contributed by atoms with Crippen LogP contribution in [-0.4, -0.2) is 5.11 Å². The van der Waals surface area contributed by atoms with Crippen LogP contribution in [0.5, 0.6) is 0 Å². The number of aliphatic hydroxyl groups excluding tert-OH is 1. The molecule has 2 rings (SSSR count). The minimum Gasteiger partial charge on any atom is -0.388 e. The summed E-state index contributed by atoms with van der Waals surface area (Å²) in [5, 5.41) is 10.4. The number of hydrogen-bond acceptors (Lipinski definition) is 1. The molecule has 0 bridgehead atoms. The van der Waals surface area contributed by atoms with Crippen LogP contribution in [0.1, 0.15) is 50.2 Å². The molecule has 0 spiro atoms. The zero-order valence-electron chi connectivity index (χ0n) is 9.83. The molecule has 0 saturated heterocycles. The van der Waals surface area contributed by atoms with Crippen molar-refractivity contribution < 1.29 is 9.50 Å². The van der Waals surface area contributed by atoms with Crippen molar-refractivity contribution in [2.24, 2.45) is 5.92 Å². The van der Waals surface area contributed by atoms with Gasteiger partial charge in [0, 0.05) is 4.47 Å². The third kappa shape index (κ3) is 3.29. The molecule has 0 aromatic heterocycles. The topological polar surface area (TPSA) is 20.2 Å². The van der Waals surface area contributed by atoms with Gasteiger partial charge in [0.2, 0.25) is 0 Å². The first-order valence-corrected chi connectivity index (χ1v) is 7.11. The summed E-state index contributed by atoms with van der Waals surface area (Å²) in [5.41, 5.74) is 0.818. The molecule has 0 heterocycles. The van der Waals surface area contributed by atoms with Crippen LogP contribution >= 0.6 is 15.9 Å². The molecule has 1 aromatic rings. The molecular formula is C14H18BrFO. The number of rotatable bonds is 2. The maximum absolute atomic E-state index is 13.0. The standard InChI is InChI=1S/C14H18BrFO/c15-13-9-11(16)7-8-12(13)14(17)10-5-3-1-2-4-6-10/h7-10,14,17H,1-6H2. The minimum atomic E-state index is -0.469. The molecule has 94 valence electrons. The van der Waals surface area contributed by atoms with Crippen LogP contribution in [0.25, 0.3) is 0 Å². The van der Waals surface area contributed by atoms with Gasteiger partial charge in [-0.25, -0.2) is 4.39 Å². The van der Waals surface area contributed by atoms with E-state index in [9.17, 15) is 9.50 Å². The number of aliphatic hydroxyl groups is 1. The summed E-state index contributed by atoms with van der Waals surface area (Å²) in [7, 11) is 0. The molecule has 1 N–H and O–H groups in total. The lowest BCUT2D eigenvalue weighted by Gasteiger charge is -2.22. The van der Waals surface area contributed by atoms with E-state index in [1.807, 2.05) is 0 Å². The quantitative estimate of drug-likeness (QED) is 0.792. The third-order valence-electron chi connectivity index (χ3n) is 3.63. The van der Waals surface area contributed by atoms with Gasteiger partial charge in [0.25, 0.3) is 0 Å². The van der Waals surface area contributed by atoms with Crippen LogP contribution in [0.3, 0.4) is 0 Å². The molecule has 0 radical (unpaired) electrons. The Hall–Kier alpha value is -0.410. The smallest absolute Gasteiger partial charge is 0.124 e. The fourth-order valence-corrected chi connectivity index (χ4v) is 3.21. The van der Waals surface area contributed by atoms with Crippen LogP contribution < -0.4 is 0 Å². The van der Waals surface area contributed by atoms with Gasteiger partial charge in [-0.2, -0.15) is 0 Å². The molecule has 1 nitrogen and oxygen atoms in total. The van der Waals surface area contributed by atoms with E-state index in [1.165, 1.54) is 37.8 Å². The monoisotopic (exact) mass is 300 g/mol. The highest BCUT2D eigenvalue weighted by molar-refractivity contribution is 9.10. The Labute approximate surface area is 110 Å². The van der Waals surface area contributed by atoms with E-state index in [1.54, 1.807) is 6.07 Å². The molecule has 3 heteroatoms. The van der Waals surface area contributed by atoms with E-state index < -0.39 is 6.10 Å². The lowest BCUT2D eigenvalue weighted by Crippen LogP contribution is -2.12. The van der Waals surface area contributed by atoms with Gasteiger partial charge in [-0.3, -0.25) is 0 Å². The number of hydrogen-bond donors (Lipinski definition) is 1. The Bertz CT molecular complexity index is 372. The Morgan fingerprint density at radius 1 is 1.18 bits per heavy atom. The Morgan fingerprint density at radius 3 is 2.41 bits per heavy atom. The van der Waals surface area contributed by atoms with Crippen molar-refractivity contribution in [3.8, 4) is 0 Å². The van der Waals surface area contributed by atoms with Crippen molar-refractivity contribution in [3.63, 3.8) is 0 Å². The van der Waals surface area contributed by atoms with Crippen LogP contribution in [0.15, 0.2) is 22.7 Å². The highest BCUT2D eigenvalue weighted by Gasteiger charge is 2.23. The summed E-state index contributed by atoms with van der Waals surface area (Å²) in [6, 6.07) is 4.53.